The van der Waals surface area contributed by atoms with Crippen molar-refractivity contribution in [3.05, 3.63) is 63.6 Å². The summed E-state index contributed by atoms with van der Waals surface area (Å²) in [5.74, 6) is -0.150. The number of hydrogen-bond acceptors (Lipinski definition) is 2. The summed E-state index contributed by atoms with van der Waals surface area (Å²) in [5.41, 5.74) is 1.46. The summed E-state index contributed by atoms with van der Waals surface area (Å²) in [7, 11) is 3.27. The van der Waals surface area contributed by atoms with Gasteiger partial charge in [0.2, 0.25) is 0 Å². The van der Waals surface area contributed by atoms with Gasteiger partial charge >= 0.3 is 0 Å². The first-order valence-corrected chi connectivity index (χ1v) is 7.29. The van der Waals surface area contributed by atoms with E-state index in [0.29, 0.717) is 22.2 Å². The standard InChI is InChI=1S/C16H16BrF2NO/c1-20-16(7-10-3-4-11(18)8-14(10)17)13-6-5-12(21-2)9-15(13)19/h3-6,8-9,16,20H,7H2,1-2H3. The molecule has 0 saturated carbocycles. The lowest BCUT2D eigenvalue weighted by Gasteiger charge is -2.19. The molecule has 0 aromatic heterocycles. The van der Waals surface area contributed by atoms with Gasteiger partial charge < -0.3 is 10.1 Å². The molecule has 2 nitrogen and oxygen atoms in total. The summed E-state index contributed by atoms with van der Waals surface area (Å²) >= 11 is 3.34. The zero-order valence-electron chi connectivity index (χ0n) is 11.8. The van der Waals surface area contributed by atoms with E-state index in [1.54, 1.807) is 25.2 Å². The number of ether oxygens (including phenoxy) is 1. The molecule has 112 valence electrons. The van der Waals surface area contributed by atoms with Crippen molar-refractivity contribution < 1.29 is 13.5 Å². The highest BCUT2D eigenvalue weighted by Crippen LogP contribution is 2.27. The molecule has 2 rings (SSSR count). The van der Waals surface area contributed by atoms with Crippen LogP contribution in [0.5, 0.6) is 5.75 Å². The third-order valence-electron chi connectivity index (χ3n) is 3.37. The molecule has 0 heterocycles. The SMILES string of the molecule is CNC(Cc1ccc(F)cc1Br)c1ccc(OC)cc1F. The summed E-state index contributed by atoms with van der Waals surface area (Å²) in [6.07, 6.45) is 0.542. The van der Waals surface area contributed by atoms with Crippen LogP contribution in [0.2, 0.25) is 0 Å². The van der Waals surface area contributed by atoms with Crippen LogP contribution in [0.4, 0.5) is 8.78 Å². The molecule has 0 radical (unpaired) electrons. The molecule has 1 unspecified atom stereocenters. The van der Waals surface area contributed by atoms with E-state index >= 15 is 0 Å². The highest BCUT2D eigenvalue weighted by atomic mass is 79.9. The molecule has 0 aliphatic rings. The van der Waals surface area contributed by atoms with Gasteiger partial charge in [-0.15, -0.1) is 0 Å². The Bertz CT molecular complexity index is 634. The van der Waals surface area contributed by atoms with Gasteiger partial charge in [0.1, 0.15) is 17.4 Å². The molecule has 0 bridgehead atoms. The van der Waals surface area contributed by atoms with Crippen LogP contribution in [0.15, 0.2) is 40.9 Å². The number of nitrogens with one attached hydrogen (secondary N) is 1. The average Bonchev–Trinajstić information content (AvgIpc) is 2.47. The van der Waals surface area contributed by atoms with Crippen molar-refractivity contribution in [3.8, 4) is 5.75 Å². The fourth-order valence-corrected chi connectivity index (χ4v) is 2.70. The third-order valence-corrected chi connectivity index (χ3v) is 4.11. The fraction of sp³-hybridized carbons (Fsp3) is 0.250. The van der Waals surface area contributed by atoms with Crippen LogP contribution in [0.1, 0.15) is 17.2 Å². The topological polar surface area (TPSA) is 21.3 Å². The van der Waals surface area contributed by atoms with Gasteiger partial charge in [-0.25, -0.2) is 8.78 Å². The van der Waals surface area contributed by atoms with Gasteiger partial charge in [0.25, 0.3) is 0 Å². The Hall–Kier alpha value is -1.46. The number of halogens is 3. The molecule has 0 saturated heterocycles. The maximum absolute atomic E-state index is 14.1. The van der Waals surface area contributed by atoms with Crippen LogP contribution in [0.3, 0.4) is 0 Å². The van der Waals surface area contributed by atoms with Crippen LogP contribution >= 0.6 is 15.9 Å². The molecule has 0 fully saturated rings. The van der Waals surface area contributed by atoms with Crippen molar-refractivity contribution in [2.24, 2.45) is 0 Å². The number of rotatable bonds is 5. The Kier molecular flexibility index (Phi) is 5.31. The molecule has 1 atom stereocenters. The van der Waals surface area contributed by atoms with E-state index < -0.39 is 0 Å². The smallest absolute Gasteiger partial charge is 0.131 e. The van der Waals surface area contributed by atoms with Gasteiger partial charge in [0, 0.05) is 22.1 Å². The first-order valence-electron chi connectivity index (χ1n) is 6.49. The lowest BCUT2D eigenvalue weighted by Crippen LogP contribution is -2.20. The molecule has 21 heavy (non-hydrogen) atoms. The van der Waals surface area contributed by atoms with Crippen molar-refractivity contribution in [3.63, 3.8) is 0 Å². The molecule has 5 heteroatoms. The molecule has 2 aromatic rings. The summed E-state index contributed by atoms with van der Waals surface area (Å²) in [5, 5.41) is 3.09. The number of methoxy groups -OCH3 is 1. The molecular formula is C16H16BrF2NO. The zero-order chi connectivity index (χ0) is 15.4. The largest absolute Gasteiger partial charge is 0.497 e. The maximum Gasteiger partial charge on any atom is 0.131 e. The van der Waals surface area contributed by atoms with E-state index in [0.717, 1.165) is 5.56 Å². The average molecular weight is 356 g/mol. The minimum Gasteiger partial charge on any atom is -0.497 e. The van der Waals surface area contributed by atoms with E-state index in [2.05, 4.69) is 21.2 Å². The Balaban J connectivity index is 2.27. The van der Waals surface area contributed by atoms with Gasteiger partial charge in [-0.3, -0.25) is 0 Å². The Morgan fingerprint density at radius 1 is 1.19 bits per heavy atom. The Morgan fingerprint density at radius 3 is 2.52 bits per heavy atom. The Labute approximate surface area is 131 Å². The van der Waals surface area contributed by atoms with Crippen LogP contribution in [0, 0.1) is 11.6 Å². The van der Waals surface area contributed by atoms with Gasteiger partial charge in [-0.2, -0.15) is 0 Å². The van der Waals surface area contributed by atoms with Gasteiger partial charge in [0.05, 0.1) is 7.11 Å². The lowest BCUT2D eigenvalue weighted by atomic mass is 9.98. The number of likely N-dealkylation sites (N-methyl/N-ethyl adjacent to an activating group) is 1. The van der Waals surface area contributed by atoms with Crippen molar-refractivity contribution in [2.45, 2.75) is 12.5 Å². The summed E-state index contributed by atoms with van der Waals surface area (Å²) in [6, 6.07) is 9.08. The summed E-state index contributed by atoms with van der Waals surface area (Å²) < 4.78 is 32.9. The minimum atomic E-state index is -0.327. The second kappa shape index (κ2) is 7.00. The molecule has 0 aliphatic carbocycles. The first-order chi connectivity index (χ1) is 10.0. The predicted molar refractivity (Wildman–Crippen MR) is 82.6 cm³/mol. The van der Waals surface area contributed by atoms with E-state index in [4.69, 9.17) is 4.74 Å². The molecule has 0 amide bonds. The fourth-order valence-electron chi connectivity index (χ4n) is 2.19. The monoisotopic (exact) mass is 355 g/mol. The zero-order valence-corrected chi connectivity index (χ0v) is 13.4. The van der Waals surface area contributed by atoms with Gasteiger partial charge in [-0.1, -0.05) is 28.1 Å². The van der Waals surface area contributed by atoms with E-state index in [9.17, 15) is 8.78 Å². The molecular weight excluding hydrogens is 340 g/mol. The maximum atomic E-state index is 14.1. The van der Waals surface area contributed by atoms with Crippen molar-refractivity contribution in [2.75, 3.05) is 14.2 Å². The van der Waals surface area contributed by atoms with Gasteiger partial charge in [-0.05, 0) is 37.2 Å². The third kappa shape index (κ3) is 3.80. The van der Waals surface area contributed by atoms with Crippen LogP contribution in [-0.2, 0) is 6.42 Å². The van der Waals surface area contributed by atoms with E-state index in [1.165, 1.54) is 25.3 Å². The summed E-state index contributed by atoms with van der Waals surface area (Å²) in [6.45, 7) is 0. The van der Waals surface area contributed by atoms with Gasteiger partial charge in [0.15, 0.2) is 0 Å². The molecule has 0 spiro atoms. The second-order valence-corrected chi connectivity index (χ2v) is 5.52. The van der Waals surface area contributed by atoms with Crippen LogP contribution in [-0.4, -0.2) is 14.2 Å². The number of hydrogen-bond donors (Lipinski definition) is 1. The van der Waals surface area contributed by atoms with E-state index in [1.807, 2.05) is 0 Å². The van der Waals surface area contributed by atoms with E-state index in [-0.39, 0.29) is 17.7 Å². The normalized spacial score (nSPS) is 12.2. The molecule has 2 aromatic carbocycles. The first kappa shape index (κ1) is 15.9. The Morgan fingerprint density at radius 2 is 1.95 bits per heavy atom. The second-order valence-electron chi connectivity index (χ2n) is 4.67. The highest BCUT2D eigenvalue weighted by Gasteiger charge is 2.16. The van der Waals surface area contributed by atoms with Crippen molar-refractivity contribution in [1.29, 1.82) is 0 Å². The van der Waals surface area contributed by atoms with Crippen LogP contribution < -0.4 is 10.1 Å². The number of benzene rings is 2. The van der Waals surface area contributed by atoms with Crippen molar-refractivity contribution in [1.82, 2.24) is 5.32 Å². The van der Waals surface area contributed by atoms with Crippen molar-refractivity contribution >= 4 is 15.9 Å². The quantitative estimate of drug-likeness (QED) is 0.865. The summed E-state index contributed by atoms with van der Waals surface area (Å²) in [4.78, 5) is 0. The lowest BCUT2D eigenvalue weighted by molar-refractivity contribution is 0.409. The molecule has 0 aliphatic heterocycles. The highest BCUT2D eigenvalue weighted by molar-refractivity contribution is 9.10. The minimum absolute atomic E-state index is 0.210. The van der Waals surface area contributed by atoms with Crippen LogP contribution in [0.25, 0.3) is 0 Å². The predicted octanol–water partition coefficient (Wildman–Crippen LogP) is 4.24. The molecule has 1 N–H and O–H groups in total.